The van der Waals surface area contributed by atoms with E-state index < -0.39 is 0 Å². The van der Waals surface area contributed by atoms with E-state index >= 15 is 0 Å². The minimum Gasteiger partial charge on any atom is -0.379 e. The summed E-state index contributed by atoms with van der Waals surface area (Å²) in [4.78, 5) is 18.5. The van der Waals surface area contributed by atoms with Crippen molar-refractivity contribution in [2.75, 3.05) is 43.5 Å². The van der Waals surface area contributed by atoms with Gasteiger partial charge in [-0.15, -0.1) is 11.3 Å². The summed E-state index contributed by atoms with van der Waals surface area (Å²) in [6.07, 6.45) is 1.81. The molecular weight excluding hydrogens is 324 g/mol. The molecule has 0 aliphatic carbocycles. The monoisotopic (exact) mass is 346 g/mol. The van der Waals surface area contributed by atoms with E-state index in [4.69, 9.17) is 4.74 Å². The van der Waals surface area contributed by atoms with Gasteiger partial charge >= 0.3 is 0 Å². The van der Waals surface area contributed by atoms with Crippen molar-refractivity contribution in [1.82, 2.24) is 9.88 Å². The highest BCUT2D eigenvalue weighted by Gasteiger charge is 2.14. The van der Waals surface area contributed by atoms with Crippen molar-refractivity contribution in [3.8, 4) is 0 Å². The van der Waals surface area contributed by atoms with Gasteiger partial charge in [-0.25, -0.2) is 4.98 Å². The molecule has 1 atom stereocenters. The number of anilines is 2. The van der Waals surface area contributed by atoms with Crippen LogP contribution in [0.1, 0.15) is 18.0 Å². The van der Waals surface area contributed by atoms with E-state index in [-0.39, 0.29) is 11.9 Å². The molecule has 3 rings (SSSR count). The first kappa shape index (κ1) is 16.9. The first-order chi connectivity index (χ1) is 11.7. The zero-order chi connectivity index (χ0) is 16.8. The van der Waals surface area contributed by atoms with Crippen LogP contribution in [0.3, 0.4) is 0 Å². The molecule has 2 aromatic rings. The van der Waals surface area contributed by atoms with Gasteiger partial charge in [0.15, 0.2) is 0 Å². The minimum atomic E-state index is 0.00811. The maximum atomic E-state index is 12.1. The summed E-state index contributed by atoms with van der Waals surface area (Å²) in [6.45, 7) is 5.51. The second kappa shape index (κ2) is 8.23. The number of hydrogen-bond acceptors (Lipinski definition) is 6. The molecular formula is C17H22N4O2S. The molecule has 0 spiro atoms. The molecule has 2 N–H and O–H groups in total. The highest BCUT2D eigenvalue weighted by molar-refractivity contribution is 7.09. The summed E-state index contributed by atoms with van der Waals surface area (Å²) >= 11 is 1.63. The quantitative estimate of drug-likeness (QED) is 0.842. The van der Waals surface area contributed by atoms with Crippen molar-refractivity contribution in [2.45, 2.75) is 13.0 Å². The summed E-state index contributed by atoms with van der Waals surface area (Å²) in [7, 11) is 0. The van der Waals surface area contributed by atoms with Crippen LogP contribution in [0.2, 0.25) is 0 Å². The molecule has 0 saturated carbocycles. The highest BCUT2D eigenvalue weighted by atomic mass is 32.1. The van der Waals surface area contributed by atoms with E-state index in [0.717, 1.165) is 29.5 Å². The summed E-state index contributed by atoms with van der Waals surface area (Å²) in [5.41, 5.74) is 1.81. The Hall–Kier alpha value is -1.96. The molecule has 1 aliphatic rings. The number of ether oxygens (including phenoxy) is 1. The largest absolute Gasteiger partial charge is 0.379 e. The molecule has 1 aromatic heterocycles. The minimum absolute atomic E-state index is 0.00811. The first-order valence-electron chi connectivity index (χ1n) is 8.06. The van der Waals surface area contributed by atoms with Crippen molar-refractivity contribution in [2.24, 2.45) is 0 Å². The number of rotatable bonds is 6. The fourth-order valence-corrected chi connectivity index (χ4v) is 3.22. The van der Waals surface area contributed by atoms with Crippen LogP contribution >= 0.6 is 11.3 Å². The topological polar surface area (TPSA) is 66.5 Å². The van der Waals surface area contributed by atoms with Gasteiger partial charge in [0.1, 0.15) is 5.01 Å². The fourth-order valence-electron chi connectivity index (χ4n) is 2.57. The molecule has 1 saturated heterocycles. The fraction of sp³-hybridized carbons (Fsp3) is 0.412. The van der Waals surface area contributed by atoms with E-state index in [1.54, 1.807) is 11.3 Å². The van der Waals surface area contributed by atoms with Gasteiger partial charge in [0.25, 0.3) is 0 Å². The molecule has 24 heavy (non-hydrogen) atoms. The number of carbonyl (C=O) groups is 1. The van der Waals surface area contributed by atoms with Crippen molar-refractivity contribution < 1.29 is 9.53 Å². The Balaban J connectivity index is 1.49. The van der Waals surface area contributed by atoms with Crippen molar-refractivity contribution in [3.63, 3.8) is 0 Å². The summed E-state index contributed by atoms with van der Waals surface area (Å²) < 4.78 is 5.29. The maximum Gasteiger partial charge on any atom is 0.238 e. The number of carbonyl (C=O) groups excluding carboxylic acids is 1. The van der Waals surface area contributed by atoms with Crippen molar-refractivity contribution >= 4 is 28.6 Å². The number of hydrogen-bond donors (Lipinski definition) is 2. The van der Waals surface area contributed by atoms with Gasteiger partial charge in [0.2, 0.25) is 5.91 Å². The smallest absolute Gasteiger partial charge is 0.238 e. The Morgan fingerprint density at radius 3 is 2.67 bits per heavy atom. The van der Waals surface area contributed by atoms with E-state index in [9.17, 15) is 4.79 Å². The average molecular weight is 346 g/mol. The van der Waals surface area contributed by atoms with Crippen LogP contribution in [0, 0.1) is 0 Å². The Morgan fingerprint density at radius 1 is 1.29 bits per heavy atom. The van der Waals surface area contributed by atoms with Crippen LogP contribution < -0.4 is 10.6 Å². The van der Waals surface area contributed by atoms with Gasteiger partial charge in [-0.2, -0.15) is 0 Å². The molecule has 2 heterocycles. The third-order valence-corrected chi connectivity index (χ3v) is 4.80. The van der Waals surface area contributed by atoms with Gasteiger partial charge < -0.3 is 15.4 Å². The van der Waals surface area contributed by atoms with E-state index in [0.29, 0.717) is 19.8 Å². The predicted octanol–water partition coefficient (Wildman–Crippen LogP) is 2.59. The lowest BCUT2D eigenvalue weighted by atomic mass is 10.2. The number of nitrogens with one attached hydrogen (secondary N) is 2. The number of morpholine rings is 1. The number of benzene rings is 1. The second-order valence-corrected chi connectivity index (χ2v) is 6.68. The van der Waals surface area contributed by atoms with E-state index in [1.165, 1.54) is 0 Å². The first-order valence-corrected chi connectivity index (χ1v) is 8.94. The molecule has 1 fully saturated rings. The van der Waals surface area contributed by atoms with Gasteiger partial charge in [-0.3, -0.25) is 9.69 Å². The van der Waals surface area contributed by atoms with Crippen LogP contribution in [-0.4, -0.2) is 48.6 Å². The van der Waals surface area contributed by atoms with E-state index in [2.05, 4.69) is 27.4 Å². The van der Waals surface area contributed by atoms with Gasteiger partial charge in [0.05, 0.1) is 25.8 Å². The van der Waals surface area contributed by atoms with Crippen LogP contribution in [-0.2, 0) is 9.53 Å². The summed E-state index contributed by atoms with van der Waals surface area (Å²) in [5, 5.41) is 9.37. The average Bonchev–Trinajstić information content (AvgIpc) is 3.12. The normalized spacial score (nSPS) is 16.5. The van der Waals surface area contributed by atoms with Crippen LogP contribution in [0.4, 0.5) is 11.4 Å². The lowest BCUT2D eigenvalue weighted by molar-refractivity contribution is -0.118. The van der Waals surface area contributed by atoms with Crippen LogP contribution in [0.15, 0.2) is 35.8 Å². The van der Waals surface area contributed by atoms with Gasteiger partial charge in [0, 0.05) is 36.0 Å². The molecule has 1 amide bonds. The third-order valence-electron chi connectivity index (χ3n) is 3.84. The molecule has 1 unspecified atom stereocenters. The molecule has 128 valence electrons. The third kappa shape index (κ3) is 4.77. The Morgan fingerprint density at radius 2 is 2.00 bits per heavy atom. The van der Waals surface area contributed by atoms with Gasteiger partial charge in [-0.05, 0) is 31.2 Å². The highest BCUT2D eigenvalue weighted by Crippen LogP contribution is 2.22. The summed E-state index contributed by atoms with van der Waals surface area (Å²) in [6, 6.07) is 7.91. The number of thiazole rings is 1. The van der Waals surface area contributed by atoms with Gasteiger partial charge in [-0.1, -0.05) is 0 Å². The molecule has 1 aliphatic heterocycles. The van der Waals surface area contributed by atoms with Crippen molar-refractivity contribution in [3.05, 3.63) is 40.8 Å². The van der Waals surface area contributed by atoms with Crippen LogP contribution in [0.25, 0.3) is 0 Å². The summed E-state index contributed by atoms with van der Waals surface area (Å²) in [5.74, 6) is 0.00811. The van der Waals surface area contributed by atoms with Crippen LogP contribution in [0.5, 0.6) is 0 Å². The molecule has 0 bridgehead atoms. The zero-order valence-corrected chi connectivity index (χ0v) is 14.5. The van der Waals surface area contributed by atoms with Crippen molar-refractivity contribution in [1.29, 1.82) is 0 Å². The van der Waals surface area contributed by atoms with E-state index in [1.807, 2.05) is 35.8 Å². The molecule has 7 heteroatoms. The second-order valence-electron chi connectivity index (χ2n) is 5.75. The molecule has 0 radical (unpaired) electrons. The lowest BCUT2D eigenvalue weighted by Crippen LogP contribution is -2.41. The standard InChI is InChI=1S/C17H22N4O2S/c1-13(17-18-6-11-24-17)19-14-2-4-15(5-3-14)20-16(22)12-21-7-9-23-10-8-21/h2-6,11,13,19H,7-10,12H2,1H3,(H,20,22). The zero-order valence-electron chi connectivity index (χ0n) is 13.7. The predicted molar refractivity (Wildman–Crippen MR) is 96.5 cm³/mol. The molecule has 6 nitrogen and oxygen atoms in total. The maximum absolute atomic E-state index is 12.1. The Bertz CT molecular complexity index is 639. The SMILES string of the molecule is CC(Nc1ccc(NC(=O)CN2CCOCC2)cc1)c1nccs1. The Kier molecular flexibility index (Phi) is 5.79. The number of aromatic nitrogens is 1. The number of nitrogens with zero attached hydrogens (tertiary/aromatic N) is 2. The number of amides is 1. The lowest BCUT2D eigenvalue weighted by Gasteiger charge is -2.25. The molecule has 1 aromatic carbocycles. The Labute approximate surface area is 145 Å².